The van der Waals surface area contributed by atoms with Crippen molar-refractivity contribution in [3.8, 4) is 16.9 Å². The second-order valence-electron chi connectivity index (χ2n) is 6.12. The van der Waals surface area contributed by atoms with E-state index in [1.54, 1.807) is 35.6 Å². The topological polar surface area (TPSA) is 61.7 Å². The minimum Gasteiger partial charge on any atom is -0.491 e. The summed E-state index contributed by atoms with van der Waals surface area (Å²) in [5, 5.41) is 25.6. The third-order valence-electron chi connectivity index (χ3n) is 4.15. The van der Waals surface area contributed by atoms with E-state index in [0.717, 1.165) is 21.6 Å². The summed E-state index contributed by atoms with van der Waals surface area (Å²) in [5.74, 6) is 0.679. The maximum atomic E-state index is 10.1. The third kappa shape index (κ3) is 5.54. The van der Waals surface area contributed by atoms with Gasteiger partial charge in [-0.3, -0.25) is 0 Å². The number of nitrogens with one attached hydrogen (secondary N) is 1. The van der Waals surface area contributed by atoms with E-state index in [4.69, 9.17) is 16.3 Å². The van der Waals surface area contributed by atoms with Gasteiger partial charge in [-0.2, -0.15) is 0 Å². The number of aliphatic hydroxyl groups excluding tert-OH is 2. The van der Waals surface area contributed by atoms with Crippen LogP contribution in [0, 0.1) is 0 Å². The van der Waals surface area contributed by atoms with Gasteiger partial charge in [-0.25, -0.2) is 0 Å². The van der Waals surface area contributed by atoms with E-state index in [2.05, 4.69) is 17.4 Å². The summed E-state index contributed by atoms with van der Waals surface area (Å²) in [6, 6.07) is 17.2. The molecule has 3 N–H and O–H groups in total. The monoisotopic (exact) mass is 403 g/mol. The fourth-order valence-electron chi connectivity index (χ4n) is 2.80. The third-order valence-corrected chi connectivity index (χ3v) is 5.31. The van der Waals surface area contributed by atoms with Gasteiger partial charge in [0, 0.05) is 23.0 Å². The molecular formula is C21H22ClNO3S. The van der Waals surface area contributed by atoms with Crippen LogP contribution in [0.25, 0.3) is 11.1 Å². The van der Waals surface area contributed by atoms with Crippen LogP contribution in [0.5, 0.6) is 5.75 Å². The van der Waals surface area contributed by atoms with Gasteiger partial charge in [-0.1, -0.05) is 35.9 Å². The van der Waals surface area contributed by atoms with Crippen LogP contribution in [0.4, 0.5) is 0 Å². The molecule has 0 bridgehead atoms. The average molecular weight is 404 g/mol. The fourth-order valence-corrected chi connectivity index (χ4v) is 3.67. The fraction of sp³-hybridized carbons (Fsp3) is 0.238. The summed E-state index contributed by atoms with van der Waals surface area (Å²) in [4.78, 5) is 0.957. The molecule has 0 spiro atoms. The molecule has 1 unspecified atom stereocenters. The number of aliphatic hydroxyl groups is 2. The second-order valence-corrected chi connectivity index (χ2v) is 7.56. The largest absolute Gasteiger partial charge is 0.491 e. The molecule has 0 amide bonds. The van der Waals surface area contributed by atoms with Crippen molar-refractivity contribution in [3.05, 3.63) is 75.4 Å². The molecule has 3 aromatic rings. The number of thiophene rings is 1. The van der Waals surface area contributed by atoms with Crippen molar-refractivity contribution in [2.24, 2.45) is 0 Å². The Labute approximate surface area is 168 Å². The summed E-state index contributed by atoms with van der Waals surface area (Å²) in [6.07, 6.45) is -0.623. The van der Waals surface area contributed by atoms with Gasteiger partial charge >= 0.3 is 0 Å². The van der Waals surface area contributed by atoms with Crippen molar-refractivity contribution in [3.63, 3.8) is 0 Å². The van der Waals surface area contributed by atoms with E-state index in [-0.39, 0.29) is 13.2 Å². The van der Waals surface area contributed by atoms with E-state index in [1.165, 1.54) is 0 Å². The van der Waals surface area contributed by atoms with Gasteiger partial charge in [0.05, 0.1) is 6.61 Å². The van der Waals surface area contributed by atoms with E-state index < -0.39 is 6.10 Å². The minimum absolute atomic E-state index is 0.0372. The summed E-state index contributed by atoms with van der Waals surface area (Å²) in [7, 11) is 0. The maximum Gasteiger partial charge on any atom is 0.119 e. The molecule has 0 aliphatic carbocycles. The molecule has 0 aliphatic heterocycles. The van der Waals surface area contributed by atoms with Crippen LogP contribution in [0.2, 0.25) is 5.02 Å². The zero-order valence-electron chi connectivity index (χ0n) is 14.8. The van der Waals surface area contributed by atoms with Crippen LogP contribution in [0.1, 0.15) is 10.4 Å². The zero-order valence-corrected chi connectivity index (χ0v) is 16.3. The lowest BCUT2D eigenvalue weighted by atomic mass is 10.0. The lowest BCUT2D eigenvalue weighted by Gasteiger charge is -2.15. The van der Waals surface area contributed by atoms with E-state index >= 15 is 0 Å². The number of rotatable bonds is 9. The van der Waals surface area contributed by atoms with E-state index in [1.807, 2.05) is 23.6 Å². The molecule has 1 atom stereocenters. The molecule has 0 saturated carbocycles. The Bertz CT molecular complexity index is 851. The van der Waals surface area contributed by atoms with Crippen LogP contribution in [0.3, 0.4) is 0 Å². The van der Waals surface area contributed by atoms with Gasteiger partial charge in [0.1, 0.15) is 18.5 Å². The molecule has 0 saturated heterocycles. The van der Waals surface area contributed by atoms with Crippen LogP contribution in [-0.4, -0.2) is 29.5 Å². The molecule has 6 heteroatoms. The zero-order chi connectivity index (χ0) is 19.1. The van der Waals surface area contributed by atoms with Crippen molar-refractivity contribution >= 4 is 22.9 Å². The lowest BCUT2D eigenvalue weighted by molar-refractivity contribution is 0.106. The Morgan fingerprint density at radius 3 is 2.59 bits per heavy atom. The quantitative estimate of drug-likeness (QED) is 0.503. The van der Waals surface area contributed by atoms with Crippen molar-refractivity contribution in [2.75, 3.05) is 13.2 Å². The van der Waals surface area contributed by atoms with Gasteiger partial charge in [0.25, 0.3) is 0 Å². The Balaban J connectivity index is 1.52. The Kier molecular flexibility index (Phi) is 7.26. The highest BCUT2D eigenvalue weighted by Gasteiger charge is 2.11. The number of hydrogen-bond acceptors (Lipinski definition) is 5. The lowest BCUT2D eigenvalue weighted by Crippen LogP contribution is -2.31. The van der Waals surface area contributed by atoms with Crippen molar-refractivity contribution in [1.29, 1.82) is 0 Å². The van der Waals surface area contributed by atoms with E-state index in [0.29, 0.717) is 23.9 Å². The number of benzene rings is 2. The minimum atomic E-state index is -0.623. The molecule has 0 fully saturated rings. The van der Waals surface area contributed by atoms with Crippen molar-refractivity contribution in [2.45, 2.75) is 19.3 Å². The molecule has 142 valence electrons. The highest BCUT2D eigenvalue weighted by molar-refractivity contribution is 7.10. The average Bonchev–Trinajstić information content (AvgIpc) is 3.16. The Hall–Kier alpha value is -1.89. The molecule has 1 heterocycles. The van der Waals surface area contributed by atoms with Gasteiger partial charge in [-0.05, 0) is 52.4 Å². The predicted molar refractivity (Wildman–Crippen MR) is 110 cm³/mol. The Morgan fingerprint density at radius 2 is 1.81 bits per heavy atom. The summed E-state index contributed by atoms with van der Waals surface area (Å²) >= 11 is 7.39. The number of ether oxygens (including phenoxy) is 1. The second kappa shape index (κ2) is 9.88. The predicted octanol–water partition coefficient (Wildman–Crippen LogP) is 4.09. The number of hydrogen-bond donors (Lipinski definition) is 3. The first-order chi connectivity index (χ1) is 13.2. The first kappa shape index (κ1) is 19.9. The van der Waals surface area contributed by atoms with Crippen LogP contribution >= 0.6 is 22.9 Å². The molecule has 0 aliphatic rings. The molecule has 3 rings (SSSR count). The summed E-state index contributed by atoms with van der Waals surface area (Å²) < 4.78 is 5.56. The SMILES string of the molecule is OCc1sccc1-c1ccccc1CNCC(O)COc1ccc(Cl)cc1. The number of halogens is 1. The Morgan fingerprint density at radius 1 is 1.04 bits per heavy atom. The van der Waals surface area contributed by atoms with Gasteiger partial charge in [0.2, 0.25) is 0 Å². The molecule has 27 heavy (non-hydrogen) atoms. The molecule has 1 aromatic heterocycles. The highest BCUT2D eigenvalue weighted by Crippen LogP contribution is 2.30. The standard InChI is InChI=1S/C21H22ClNO3S/c22-16-5-7-18(8-6-16)26-14-17(25)12-23-11-15-3-1-2-4-19(15)20-9-10-27-21(20)13-24/h1-10,17,23-25H,11-14H2. The normalized spacial score (nSPS) is 12.1. The molecule has 0 radical (unpaired) electrons. The molecular weight excluding hydrogens is 382 g/mol. The van der Waals surface area contributed by atoms with Gasteiger partial charge in [-0.15, -0.1) is 11.3 Å². The van der Waals surface area contributed by atoms with Crippen molar-refractivity contribution in [1.82, 2.24) is 5.32 Å². The van der Waals surface area contributed by atoms with Gasteiger partial charge < -0.3 is 20.3 Å². The maximum absolute atomic E-state index is 10.1. The highest BCUT2D eigenvalue weighted by atomic mass is 35.5. The summed E-state index contributed by atoms with van der Waals surface area (Å²) in [6.45, 7) is 1.28. The van der Waals surface area contributed by atoms with Crippen LogP contribution < -0.4 is 10.1 Å². The summed E-state index contributed by atoms with van der Waals surface area (Å²) in [5.41, 5.74) is 3.28. The van der Waals surface area contributed by atoms with Crippen LogP contribution in [-0.2, 0) is 13.2 Å². The van der Waals surface area contributed by atoms with Crippen molar-refractivity contribution < 1.29 is 14.9 Å². The molecule has 4 nitrogen and oxygen atoms in total. The van der Waals surface area contributed by atoms with Gasteiger partial charge in [0.15, 0.2) is 0 Å². The van der Waals surface area contributed by atoms with Crippen LogP contribution in [0.15, 0.2) is 60.0 Å². The first-order valence-corrected chi connectivity index (χ1v) is 9.96. The van der Waals surface area contributed by atoms with E-state index in [9.17, 15) is 10.2 Å². The smallest absolute Gasteiger partial charge is 0.119 e. The first-order valence-electron chi connectivity index (χ1n) is 8.70. The molecule has 2 aromatic carbocycles.